The van der Waals surface area contributed by atoms with Gasteiger partial charge in [-0.1, -0.05) is 0 Å². The summed E-state index contributed by atoms with van der Waals surface area (Å²) >= 11 is 0. The largest absolute Gasteiger partial charge is 0.501 e. The van der Waals surface area contributed by atoms with Gasteiger partial charge in [0.2, 0.25) is 0 Å². The lowest BCUT2D eigenvalue weighted by Crippen LogP contribution is -2.48. The molecule has 0 heterocycles. The Bertz CT molecular complexity index is 376. The average molecular weight is 455 g/mol. The summed E-state index contributed by atoms with van der Waals surface area (Å²) < 4.78 is 44.7. The molecular weight excluding hydrogens is 412 g/mol. The topological polar surface area (TPSA) is 94.1 Å². The fourth-order valence-electron chi connectivity index (χ4n) is 3.48. The molecule has 0 amide bonds. The minimum atomic E-state index is -2.92. The fraction of sp³-hybridized carbons (Fsp3) is 1.00. The third-order valence-corrected chi connectivity index (χ3v) is 8.00. The SMILES string of the molecule is COCCOC1CC(CC[Si](OCCOC)(OCCOC)OCCOC)CCC1O. The van der Waals surface area contributed by atoms with Crippen LogP contribution in [0.5, 0.6) is 0 Å². The quantitative estimate of drug-likeness (QED) is 0.230. The maximum atomic E-state index is 10.3. The Morgan fingerprint density at radius 2 is 1.20 bits per heavy atom. The summed E-state index contributed by atoms with van der Waals surface area (Å²) in [6.45, 7) is 3.67. The van der Waals surface area contributed by atoms with Crippen LogP contribution >= 0.6 is 0 Å². The minimum absolute atomic E-state index is 0.159. The molecule has 10 heteroatoms. The van der Waals surface area contributed by atoms with Crippen molar-refractivity contribution in [2.75, 3.05) is 81.3 Å². The maximum absolute atomic E-state index is 10.3. The van der Waals surface area contributed by atoms with Crippen molar-refractivity contribution >= 4 is 8.80 Å². The molecule has 1 rings (SSSR count). The molecule has 3 unspecified atom stereocenters. The summed E-state index contributed by atoms with van der Waals surface area (Å²) in [6, 6.07) is 0.690. The molecule has 0 aromatic heterocycles. The Labute approximate surface area is 182 Å². The zero-order valence-electron chi connectivity index (χ0n) is 19.1. The molecule has 1 saturated carbocycles. The third kappa shape index (κ3) is 11.5. The lowest BCUT2D eigenvalue weighted by atomic mass is 9.84. The Balaban J connectivity index is 2.69. The highest BCUT2D eigenvalue weighted by atomic mass is 28.4. The number of hydrogen-bond acceptors (Lipinski definition) is 9. The van der Waals surface area contributed by atoms with E-state index in [4.69, 9.17) is 37.0 Å². The van der Waals surface area contributed by atoms with Crippen LogP contribution in [0.1, 0.15) is 25.7 Å². The summed E-state index contributed by atoms with van der Waals surface area (Å²) in [6.07, 6.45) is 2.79. The lowest BCUT2D eigenvalue weighted by Gasteiger charge is -2.35. The number of ether oxygens (including phenoxy) is 5. The van der Waals surface area contributed by atoms with Crippen LogP contribution in [0.3, 0.4) is 0 Å². The van der Waals surface area contributed by atoms with Crippen LogP contribution in [0.2, 0.25) is 6.04 Å². The summed E-state index contributed by atoms with van der Waals surface area (Å²) in [4.78, 5) is 0. The van der Waals surface area contributed by atoms with Gasteiger partial charge in [-0.05, 0) is 31.6 Å². The normalized spacial score (nSPS) is 22.5. The fourth-order valence-corrected chi connectivity index (χ4v) is 6.11. The zero-order chi connectivity index (χ0) is 22.1. The van der Waals surface area contributed by atoms with Crippen molar-refractivity contribution in [1.29, 1.82) is 0 Å². The molecule has 1 fully saturated rings. The molecular formula is C20H42O9Si. The first-order valence-electron chi connectivity index (χ1n) is 10.8. The van der Waals surface area contributed by atoms with Crippen molar-refractivity contribution in [3.8, 4) is 0 Å². The van der Waals surface area contributed by atoms with E-state index in [9.17, 15) is 5.11 Å². The van der Waals surface area contributed by atoms with Crippen LogP contribution in [-0.2, 0) is 37.0 Å². The Kier molecular flexibility index (Phi) is 16.2. The molecule has 30 heavy (non-hydrogen) atoms. The predicted molar refractivity (Wildman–Crippen MR) is 114 cm³/mol. The number of aliphatic hydroxyl groups excluding tert-OH is 1. The van der Waals surface area contributed by atoms with Crippen molar-refractivity contribution in [2.24, 2.45) is 5.92 Å². The van der Waals surface area contributed by atoms with Gasteiger partial charge in [-0.2, -0.15) is 0 Å². The number of methoxy groups -OCH3 is 4. The molecule has 0 aromatic carbocycles. The maximum Gasteiger partial charge on any atom is 0.501 e. The van der Waals surface area contributed by atoms with Gasteiger partial charge in [0, 0.05) is 34.5 Å². The van der Waals surface area contributed by atoms with Crippen LogP contribution in [-0.4, -0.2) is 107 Å². The van der Waals surface area contributed by atoms with Crippen LogP contribution in [0.25, 0.3) is 0 Å². The zero-order valence-corrected chi connectivity index (χ0v) is 20.1. The van der Waals surface area contributed by atoms with Crippen molar-refractivity contribution < 1.29 is 42.1 Å². The van der Waals surface area contributed by atoms with Crippen LogP contribution < -0.4 is 0 Å². The molecule has 1 aliphatic rings. The van der Waals surface area contributed by atoms with Gasteiger partial charge in [-0.15, -0.1) is 0 Å². The van der Waals surface area contributed by atoms with E-state index in [0.29, 0.717) is 64.8 Å². The second kappa shape index (κ2) is 17.4. The summed E-state index contributed by atoms with van der Waals surface area (Å²) in [5, 5.41) is 10.3. The molecule has 180 valence electrons. The van der Waals surface area contributed by atoms with Gasteiger partial charge in [-0.25, -0.2) is 0 Å². The average Bonchev–Trinajstić information content (AvgIpc) is 2.74. The highest BCUT2D eigenvalue weighted by Crippen LogP contribution is 2.32. The van der Waals surface area contributed by atoms with Gasteiger partial charge >= 0.3 is 8.80 Å². The van der Waals surface area contributed by atoms with Crippen LogP contribution in [0, 0.1) is 5.92 Å². The van der Waals surface area contributed by atoms with Crippen molar-refractivity contribution in [2.45, 2.75) is 43.9 Å². The van der Waals surface area contributed by atoms with Gasteiger partial charge in [0.25, 0.3) is 0 Å². The number of hydrogen-bond donors (Lipinski definition) is 1. The molecule has 1 N–H and O–H groups in total. The van der Waals surface area contributed by atoms with E-state index in [2.05, 4.69) is 0 Å². The van der Waals surface area contributed by atoms with E-state index in [-0.39, 0.29) is 6.10 Å². The molecule has 9 nitrogen and oxygen atoms in total. The number of aliphatic hydroxyl groups is 1. The molecule has 3 atom stereocenters. The van der Waals surface area contributed by atoms with Crippen molar-refractivity contribution in [3.63, 3.8) is 0 Å². The van der Waals surface area contributed by atoms with Gasteiger partial charge in [0.1, 0.15) is 0 Å². The first-order chi connectivity index (χ1) is 14.6. The van der Waals surface area contributed by atoms with Gasteiger partial charge < -0.3 is 42.1 Å². The molecule has 0 radical (unpaired) electrons. The number of rotatable bonds is 19. The first-order valence-corrected chi connectivity index (χ1v) is 12.7. The lowest BCUT2D eigenvalue weighted by molar-refractivity contribution is -0.0820. The molecule has 0 bridgehead atoms. The second-order valence-electron chi connectivity index (χ2n) is 7.39. The van der Waals surface area contributed by atoms with E-state index in [0.717, 1.165) is 25.7 Å². The van der Waals surface area contributed by atoms with Crippen molar-refractivity contribution in [1.82, 2.24) is 0 Å². The minimum Gasteiger partial charge on any atom is -0.390 e. The standard InChI is InChI=1S/C20H42O9Si/c1-22-8-12-26-20-17-18(5-6-19(20)21)7-16-30(27-13-9-23-2,28-14-10-24-3)29-15-11-25-4/h18-21H,5-17H2,1-4H3. The molecule has 0 aromatic rings. The summed E-state index contributed by atoms with van der Waals surface area (Å²) in [5.41, 5.74) is 0. The molecule has 0 saturated heterocycles. The monoisotopic (exact) mass is 454 g/mol. The highest BCUT2D eigenvalue weighted by Gasteiger charge is 2.42. The van der Waals surface area contributed by atoms with E-state index in [1.807, 2.05) is 0 Å². The summed E-state index contributed by atoms with van der Waals surface area (Å²) in [7, 11) is 3.64. The predicted octanol–water partition coefficient (Wildman–Crippen LogP) is 1.50. The van der Waals surface area contributed by atoms with Gasteiger partial charge in [0.15, 0.2) is 0 Å². The van der Waals surface area contributed by atoms with Crippen LogP contribution in [0.15, 0.2) is 0 Å². The van der Waals surface area contributed by atoms with E-state index in [1.54, 1.807) is 28.4 Å². The highest BCUT2D eigenvalue weighted by molar-refractivity contribution is 6.60. The Morgan fingerprint density at radius 3 is 1.70 bits per heavy atom. The molecule has 0 spiro atoms. The third-order valence-electron chi connectivity index (χ3n) is 5.17. The first kappa shape index (κ1) is 27.9. The Hall–Kier alpha value is -0.143. The molecule has 1 aliphatic carbocycles. The van der Waals surface area contributed by atoms with Crippen molar-refractivity contribution in [3.05, 3.63) is 0 Å². The molecule has 0 aliphatic heterocycles. The second-order valence-corrected chi connectivity index (χ2v) is 10.1. The van der Waals surface area contributed by atoms with Gasteiger partial charge in [-0.3, -0.25) is 0 Å². The smallest absolute Gasteiger partial charge is 0.390 e. The van der Waals surface area contributed by atoms with Gasteiger partial charge in [0.05, 0.1) is 65.1 Å². The van der Waals surface area contributed by atoms with E-state index < -0.39 is 14.9 Å². The van der Waals surface area contributed by atoms with E-state index >= 15 is 0 Å². The Morgan fingerprint density at radius 1 is 0.700 bits per heavy atom. The van der Waals surface area contributed by atoms with Crippen LogP contribution in [0.4, 0.5) is 0 Å². The summed E-state index contributed by atoms with van der Waals surface area (Å²) in [5.74, 6) is 0.413. The van der Waals surface area contributed by atoms with E-state index in [1.165, 1.54) is 0 Å².